The van der Waals surface area contributed by atoms with Crippen molar-refractivity contribution in [2.24, 2.45) is 0 Å². The maximum atomic E-state index is 12.1. The van der Waals surface area contributed by atoms with Crippen LogP contribution in [0.25, 0.3) is 0 Å². The van der Waals surface area contributed by atoms with Crippen molar-refractivity contribution in [1.29, 1.82) is 0 Å². The van der Waals surface area contributed by atoms with Gasteiger partial charge in [0.1, 0.15) is 0 Å². The average molecular weight is 262 g/mol. The maximum Gasteiger partial charge on any atom is 0.241 e. The Hall–Kier alpha value is -1.39. The summed E-state index contributed by atoms with van der Waals surface area (Å²) in [6.45, 7) is 1.08. The Kier molecular flexibility index (Phi) is 5.36. The average Bonchev–Trinajstić information content (AvgIpc) is 2.58. The van der Waals surface area contributed by atoms with E-state index in [9.17, 15) is 4.79 Å². The van der Waals surface area contributed by atoms with Gasteiger partial charge in [-0.1, -0.05) is 18.2 Å². The molecule has 1 atom stereocenters. The first-order valence-electron chi connectivity index (χ1n) is 7.04. The first kappa shape index (κ1) is 14.0. The fourth-order valence-electron chi connectivity index (χ4n) is 2.40. The minimum Gasteiger partial charge on any atom is -0.396 e. The summed E-state index contributed by atoms with van der Waals surface area (Å²) in [5, 5.41) is 15.0. The molecular weight excluding hydrogens is 240 g/mol. The van der Waals surface area contributed by atoms with Gasteiger partial charge in [-0.15, -0.1) is 0 Å². The van der Waals surface area contributed by atoms with Gasteiger partial charge in [-0.3, -0.25) is 4.79 Å². The number of aliphatic hydroxyl groups excluding tert-OH is 1. The highest BCUT2D eigenvalue weighted by molar-refractivity contribution is 5.96. The molecule has 104 valence electrons. The topological polar surface area (TPSA) is 61.4 Å². The fraction of sp³-hybridized carbons (Fsp3) is 0.533. The van der Waals surface area contributed by atoms with E-state index in [0.717, 1.165) is 44.3 Å². The van der Waals surface area contributed by atoms with Gasteiger partial charge in [0.15, 0.2) is 0 Å². The predicted octanol–water partition coefficient (Wildman–Crippen LogP) is 1.69. The molecule has 1 heterocycles. The molecular formula is C15H22N2O2. The molecule has 3 N–H and O–H groups in total. The van der Waals surface area contributed by atoms with Gasteiger partial charge in [0.25, 0.3) is 0 Å². The van der Waals surface area contributed by atoms with E-state index in [1.807, 2.05) is 18.2 Å². The van der Waals surface area contributed by atoms with E-state index >= 15 is 0 Å². The second-order valence-corrected chi connectivity index (χ2v) is 4.98. The van der Waals surface area contributed by atoms with E-state index in [-0.39, 0.29) is 18.6 Å². The van der Waals surface area contributed by atoms with Crippen LogP contribution >= 0.6 is 0 Å². The summed E-state index contributed by atoms with van der Waals surface area (Å²) in [5.74, 6) is 0.0621. The summed E-state index contributed by atoms with van der Waals surface area (Å²) in [4.78, 5) is 12.1. The van der Waals surface area contributed by atoms with Crippen molar-refractivity contribution in [3.8, 4) is 0 Å². The number of rotatable bonds is 6. The third-order valence-electron chi connectivity index (χ3n) is 3.52. The quantitative estimate of drug-likeness (QED) is 0.684. The van der Waals surface area contributed by atoms with Crippen LogP contribution in [0.3, 0.4) is 0 Å². The lowest BCUT2D eigenvalue weighted by atomic mass is 10.1. The zero-order chi connectivity index (χ0) is 13.5. The van der Waals surface area contributed by atoms with Gasteiger partial charge >= 0.3 is 0 Å². The number of anilines is 1. The standard InChI is InChI=1S/C15H22N2O2/c18-11-5-1-4-10-16-14-9-8-12-6-2-3-7-13(12)17-15(14)19/h2-3,6-7,14,16,18H,1,4-5,8-11H2,(H,17,19). The summed E-state index contributed by atoms with van der Waals surface area (Å²) in [6, 6.07) is 7.87. The van der Waals surface area contributed by atoms with Gasteiger partial charge in [-0.2, -0.15) is 0 Å². The van der Waals surface area contributed by atoms with Crippen molar-refractivity contribution in [3.05, 3.63) is 29.8 Å². The van der Waals surface area contributed by atoms with Crippen LogP contribution in [-0.2, 0) is 11.2 Å². The van der Waals surface area contributed by atoms with E-state index in [0.29, 0.717) is 0 Å². The van der Waals surface area contributed by atoms with Gasteiger partial charge < -0.3 is 15.7 Å². The van der Waals surface area contributed by atoms with Gasteiger partial charge in [0.2, 0.25) is 5.91 Å². The minimum atomic E-state index is -0.110. The Balaban J connectivity index is 1.83. The number of nitrogens with one attached hydrogen (secondary N) is 2. The molecule has 4 heteroatoms. The molecule has 0 spiro atoms. The molecule has 0 radical (unpaired) electrons. The second-order valence-electron chi connectivity index (χ2n) is 4.98. The first-order valence-corrected chi connectivity index (χ1v) is 7.04. The molecule has 1 aliphatic rings. The number of carbonyl (C=O) groups is 1. The van der Waals surface area contributed by atoms with Crippen molar-refractivity contribution in [1.82, 2.24) is 5.32 Å². The maximum absolute atomic E-state index is 12.1. The van der Waals surface area contributed by atoms with E-state index < -0.39 is 0 Å². The lowest BCUT2D eigenvalue weighted by molar-refractivity contribution is -0.118. The number of fused-ring (bicyclic) bond motifs is 1. The van der Waals surface area contributed by atoms with Crippen LogP contribution in [0.1, 0.15) is 31.2 Å². The molecule has 0 saturated heterocycles. The van der Waals surface area contributed by atoms with Crippen LogP contribution in [0, 0.1) is 0 Å². The molecule has 0 saturated carbocycles. The number of para-hydroxylation sites is 1. The van der Waals surface area contributed by atoms with Crippen LogP contribution in [0.4, 0.5) is 5.69 Å². The van der Waals surface area contributed by atoms with Crippen LogP contribution in [0.2, 0.25) is 0 Å². The Labute approximate surface area is 114 Å². The minimum absolute atomic E-state index is 0.0621. The summed E-state index contributed by atoms with van der Waals surface area (Å²) in [5.41, 5.74) is 2.15. The second kappa shape index (κ2) is 7.26. The van der Waals surface area contributed by atoms with E-state index in [1.54, 1.807) is 0 Å². The molecule has 1 aromatic carbocycles. The van der Waals surface area contributed by atoms with Crippen molar-refractivity contribution in [3.63, 3.8) is 0 Å². The highest BCUT2D eigenvalue weighted by atomic mass is 16.2. The molecule has 4 nitrogen and oxygen atoms in total. The number of aliphatic hydroxyl groups is 1. The number of aryl methyl sites for hydroxylation is 1. The summed E-state index contributed by atoms with van der Waals surface area (Å²) in [7, 11) is 0. The lowest BCUT2D eigenvalue weighted by Gasteiger charge is -2.15. The Morgan fingerprint density at radius 1 is 1.26 bits per heavy atom. The highest BCUT2D eigenvalue weighted by Gasteiger charge is 2.22. The molecule has 0 bridgehead atoms. The van der Waals surface area contributed by atoms with Crippen LogP contribution < -0.4 is 10.6 Å². The number of carbonyl (C=O) groups excluding carboxylic acids is 1. The van der Waals surface area contributed by atoms with E-state index in [1.165, 1.54) is 5.56 Å². The van der Waals surface area contributed by atoms with Gasteiger partial charge in [-0.05, 0) is 50.3 Å². The van der Waals surface area contributed by atoms with Crippen LogP contribution in [0.5, 0.6) is 0 Å². The molecule has 19 heavy (non-hydrogen) atoms. The normalized spacial score (nSPS) is 18.6. The zero-order valence-electron chi connectivity index (χ0n) is 11.2. The molecule has 1 aliphatic heterocycles. The number of amides is 1. The molecule has 0 aliphatic carbocycles. The highest BCUT2D eigenvalue weighted by Crippen LogP contribution is 2.21. The van der Waals surface area contributed by atoms with E-state index in [2.05, 4.69) is 16.7 Å². The molecule has 0 aromatic heterocycles. The number of unbranched alkanes of at least 4 members (excludes halogenated alkanes) is 2. The van der Waals surface area contributed by atoms with Crippen molar-refractivity contribution >= 4 is 11.6 Å². The number of hydrogen-bond acceptors (Lipinski definition) is 3. The van der Waals surface area contributed by atoms with Crippen LogP contribution in [0.15, 0.2) is 24.3 Å². The summed E-state index contributed by atoms with van der Waals surface area (Å²) < 4.78 is 0. The van der Waals surface area contributed by atoms with Crippen molar-refractivity contribution in [2.45, 2.75) is 38.1 Å². The Morgan fingerprint density at radius 2 is 2.11 bits per heavy atom. The SMILES string of the molecule is O=C1Nc2ccccc2CCC1NCCCCCO. The fourth-order valence-corrected chi connectivity index (χ4v) is 2.40. The Morgan fingerprint density at radius 3 is 2.95 bits per heavy atom. The third-order valence-corrected chi connectivity index (χ3v) is 3.52. The molecule has 1 unspecified atom stereocenters. The monoisotopic (exact) mass is 262 g/mol. The van der Waals surface area contributed by atoms with Crippen LogP contribution in [-0.4, -0.2) is 30.2 Å². The molecule has 2 rings (SSSR count). The summed E-state index contributed by atoms with van der Waals surface area (Å²) >= 11 is 0. The van der Waals surface area contributed by atoms with Gasteiger partial charge in [0, 0.05) is 12.3 Å². The molecule has 1 aromatic rings. The third kappa shape index (κ3) is 4.04. The number of benzene rings is 1. The van der Waals surface area contributed by atoms with Gasteiger partial charge in [0.05, 0.1) is 6.04 Å². The largest absolute Gasteiger partial charge is 0.396 e. The van der Waals surface area contributed by atoms with Crippen molar-refractivity contribution in [2.75, 3.05) is 18.5 Å². The van der Waals surface area contributed by atoms with Crippen molar-refractivity contribution < 1.29 is 9.90 Å². The van der Waals surface area contributed by atoms with Gasteiger partial charge in [-0.25, -0.2) is 0 Å². The lowest BCUT2D eigenvalue weighted by Crippen LogP contribution is -2.40. The predicted molar refractivity (Wildman–Crippen MR) is 76.1 cm³/mol. The smallest absolute Gasteiger partial charge is 0.241 e. The Bertz CT molecular complexity index is 420. The summed E-state index contributed by atoms with van der Waals surface area (Å²) in [6.07, 6.45) is 4.59. The zero-order valence-corrected chi connectivity index (χ0v) is 11.2. The first-order chi connectivity index (χ1) is 9.31. The molecule has 0 fully saturated rings. The number of hydrogen-bond donors (Lipinski definition) is 3. The van der Waals surface area contributed by atoms with E-state index in [4.69, 9.17) is 5.11 Å². The molecule has 1 amide bonds.